The van der Waals surface area contributed by atoms with Gasteiger partial charge < -0.3 is 9.64 Å². The number of aromatic nitrogens is 2. The molecule has 1 rings (SSSR count). The fourth-order valence-electron chi connectivity index (χ4n) is 1.09. The van der Waals surface area contributed by atoms with Gasteiger partial charge in [0, 0.05) is 13.6 Å². The number of rotatable bonds is 5. The summed E-state index contributed by atoms with van der Waals surface area (Å²) in [5.74, 6) is -0.371. The van der Waals surface area contributed by atoms with E-state index < -0.39 is 5.82 Å². The highest BCUT2D eigenvalue weighted by Gasteiger charge is 2.07. The van der Waals surface area contributed by atoms with Crippen LogP contribution in [0.15, 0.2) is 12.4 Å². The lowest BCUT2D eigenvalue weighted by atomic mass is 10.4. The van der Waals surface area contributed by atoms with E-state index in [1.54, 1.807) is 18.9 Å². The Morgan fingerprint density at radius 1 is 1.50 bits per heavy atom. The zero-order chi connectivity index (χ0) is 12.0. The number of nitrogens with zero attached hydrogens (tertiary/aromatic N) is 3. The van der Waals surface area contributed by atoms with Gasteiger partial charge in [-0.1, -0.05) is 0 Å². The van der Waals surface area contributed by atoms with Crippen molar-refractivity contribution in [2.24, 2.45) is 0 Å². The van der Waals surface area contributed by atoms with E-state index in [4.69, 9.17) is 4.74 Å². The van der Waals surface area contributed by atoms with Gasteiger partial charge in [0.15, 0.2) is 5.82 Å². The summed E-state index contributed by atoms with van der Waals surface area (Å²) in [5, 5.41) is 0. The van der Waals surface area contributed by atoms with Crippen LogP contribution in [0, 0.1) is 5.82 Å². The fourth-order valence-corrected chi connectivity index (χ4v) is 1.09. The normalized spacial score (nSPS) is 9.94. The maximum Gasteiger partial charge on any atom is 0.307 e. The minimum atomic E-state index is -0.484. The average molecular weight is 227 g/mol. The van der Waals surface area contributed by atoms with Gasteiger partial charge in [0.1, 0.15) is 0 Å². The molecule has 88 valence electrons. The highest BCUT2D eigenvalue weighted by molar-refractivity contribution is 5.69. The lowest BCUT2D eigenvalue weighted by Crippen LogP contribution is -2.23. The largest absolute Gasteiger partial charge is 0.466 e. The molecule has 0 aromatic carbocycles. The second-order valence-electron chi connectivity index (χ2n) is 3.18. The summed E-state index contributed by atoms with van der Waals surface area (Å²) in [6.45, 7) is 2.56. The molecule has 1 aromatic heterocycles. The van der Waals surface area contributed by atoms with Crippen LogP contribution in [0.1, 0.15) is 13.3 Å². The summed E-state index contributed by atoms with van der Waals surface area (Å²) >= 11 is 0. The maximum absolute atomic E-state index is 12.5. The summed E-state index contributed by atoms with van der Waals surface area (Å²) in [4.78, 5) is 20.3. The van der Waals surface area contributed by atoms with E-state index in [1.807, 2.05) is 0 Å². The minimum absolute atomic E-state index is 0.255. The Morgan fingerprint density at radius 2 is 2.12 bits per heavy atom. The van der Waals surface area contributed by atoms with Crippen molar-refractivity contribution in [1.29, 1.82) is 0 Å². The Morgan fingerprint density at radius 3 is 2.69 bits per heavy atom. The number of anilines is 1. The van der Waals surface area contributed by atoms with Crippen LogP contribution in [0.4, 0.5) is 10.3 Å². The summed E-state index contributed by atoms with van der Waals surface area (Å²) in [6.07, 6.45) is 2.43. The van der Waals surface area contributed by atoms with Gasteiger partial charge in [-0.05, 0) is 6.92 Å². The van der Waals surface area contributed by atoms with Crippen molar-refractivity contribution in [3.05, 3.63) is 18.2 Å². The quantitative estimate of drug-likeness (QED) is 0.702. The van der Waals surface area contributed by atoms with Gasteiger partial charge in [-0.15, -0.1) is 0 Å². The number of ether oxygens (including phenoxy) is 1. The summed E-state index contributed by atoms with van der Waals surface area (Å²) in [5.41, 5.74) is 0. The van der Waals surface area contributed by atoms with Crippen molar-refractivity contribution in [2.45, 2.75) is 13.3 Å². The molecule has 0 bridgehead atoms. The van der Waals surface area contributed by atoms with E-state index in [9.17, 15) is 9.18 Å². The SMILES string of the molecule is CCOC(=O)CCN(C)c1ncc(F)cn1. The number of carbonyl (C=O) groups excluding carboxylic acids is 1. The highest BCUT2D eigenvalue weighted by atomic mass is 19.1. The van der Waals surface area contributed by atoms with Crippen molar-refractivity contribution >= 4 is 11.9 Å². The lowest BCUT2D eigenvalue weighted by Gasteiger charge is -2.15. The molecule has 0 atom stereocenters. The van der Waals surface area contributed by atoms with E-state index in [0.29, 0.717) is 19.1 Å². The predicted molar refractivity (Wildman–Crippen MR) is 56.5 cm³/mol. The van der Waals surface area contributed by atoms with E-state index in [2.05, 4.69) is 9.97 Å². The van der Waals surface area contributed by atoms with Crippen molar-refractivity contribution in [3.63, 3.8) is 0 Å². The third kappa shape index (κ3) is 3.80. The van der Waals surface area contributed by atoms with Gasteiger partial charge in [-0.3, -0.25) is 4.79 Å². The molecule has 1 aromatic rings. The van der Waals surface area contributed by atoms with Crippen molar-refractivity contribution < 1.29 is 13.9 Å². The zero-order valence-electron chi connectivity index (χ0n) is 9.31. The van der Waals surface area contributed by atoms with E-state index in [0.717, 1.165) is 12.4 Å². The van der Waals surface area contributed by atoms with Gasteiger partial charge in [-0.2, -0.15) is 0 Å². The summed E-state index contributed by atoms with van der Waals surface area (Å²) < 4.78 is 17.3. The summed E-state index contributed by atoms with van der Waals surface area (Å²) in [7, 11) is 1.73. The van der Waals surface area contributed by atoms with Crippen LogP contribution in [-0.2, 0) is 9.53 Å². The topological polar surface area (TPSA) is 55.3 Å². The Balaban J connectivity index is 2.43. The lowest BCUT2D eigenvalue weighted by molar-refractivity contribution is -0.142. The molecule has 0 N–H and O–H groups in total. The standard InChI is InChI=1S/C10H14FN3O2/c1-3-16-9(15)4-5-14(2)10-12-6-8(11)7-13-10/h6-7H,3-5H2,1-2H3. The Kier molecular flexibility index (Phi) is 4.63. The molecule has 0 aliphatic heterocycles. The van der Waals surface area contributed by atoms with Gasteiger partial charge in [-0.25, -0.2) is 14.4 Å². The number of esters is 1. The molecule has 0 radical (unpaired) electrons. The number of halogens is 1. The second kappa shape index (κ2) is 5.99. The van der Waals surface area contributed by atoms with Gasteiger partial charge in [0.25, 0.3) is 0 Å². The van der Waals surface area contributed by atoms with Crippen LogP contribution < -0.4 is 4.90 Å². The van der Waals surface area contributed by atoms with Crippen molar-refractivity contribution in [1.82, 2.24) is 9.97 Å². The number of carbonyl (C=O) groups is 1. The predicted octanol–water partition coefficient (Wildman–Crippen LogP) is 1.01. The molecule has 0 aliphatic rings. The maximum atomic E-state index is 12.5. The van der Waals surface area contributed by atoms with Crippen molar-refractivity contribution in [3.8, 4) is 0 Å². The van der Waals surface area contributed by atoms with Crippen LogP contribution in [0.2, 0.25) is 0 Å². The van der Waals surface area contributed by atoms with E-state index in [-0.39, 0.29) is 12.4 Å². The van der Waals surface area contributed by atoms with Crippen LogP contribution in [0.5, 0.6) is 0 Å². The molecule has 1 heterocycles. The summed E-state index contributed by atoms with van der Waals surface area (Å²) in [6, 6.07) is 0. The molecule has 0 fully saturated rings. The molecule has 0 saturated carbocycles. The first-order valence-electron chi connectivity index (χ1n) is 4.97. The molecule has 6 heteroatoms. The monoisotopic (exact) mass is 227 g/mol. The van der Waals surface area contributed by atoms with Crippen LogP contribution in [0.25, 0.3) is 0 Å². The van der Waals surface area contributed by atoms with Gasteiger partial charge in [0.2, 0.25) is 5.95 Å². The fraction of sp³-hybridized carbons (Fsp3) is 0.500. The molecule has 0 aliphatic carbocycles. The number of hydrogen-bond acceptors (Lipinski definition) is 5. The number of hydrogen-bond donors (Lipinski definition) is 0. The third-order valence-electron chi connectivity index (χ3n) is 1.90. The van der Waals surface area contributed by atoms with Gasteiger partial charge in [0.05, 0.1) is 25.4 Å². The molecule has 5 nitrogen and oxygen atoms in total. The second-order valence-corrected chi connectivity index (χ2v) is 3.18. The highest BCUT2D eigenvalue weighted by Crippen LogP contribution is 2.04. The Bertz CT molecular complexity index is 342. The minimum Gasteiger partial charge on any atom is -0.466 e. The third-order valence-corrected chi connectivity index (χ3v) is 1.90. The van der Waals surface area contributed by atoms with E-state index >= 15 is 0 Å². The molecular weight excluding hydrogens is 213 g/mol. The average Bonchev–Trinajstić information content (AvgIpc) is 2.27. The molecular formula is C10H14FN3O2. The smallest absolute Gasteiger partial charge is 0.307 e. The first kappa shape index (κ1) is 12.4. The molecule has 0 saturated heterocycles. The van der Waals surface area contributed by atoms with Crippen molar-refractivity contribution in [2.75, 3.05) is 25.1 Å². The van der Waals surface area contributed by atoms with Crippen LogP contribution >= 0.6 is 0 Å². The molecule has 16 heavy (non-hydrogen) atoms. The molecule has 0 unspecified atom stereocenters. The van der Waals surface area contributed by atoms with Crippen LogP contribution in [-0.4, -0.2) is 36.1 Å². The zero-order valence-corrected chi connectivity index (χ0v) is 9.31. The Labute approximate surface area is 93.3 Å². The van der Waals surface area contributed by atoms with Gasteiger partial charge >= 0.3 is 5.97 Å². The molecule has 0 amide bonds. The van der Waals surface area contributed by atoms with Crippen LogP contribution in [0.3, 0.4) is 0 Å². The van der Waals surface area contributed by atoms with E-state index in [1.165, 1.54) is 0 Å². The first-order valence-corrected chi connectivity index (χ1v) is 4.97. The molecule has 0 spiro atoms. The Hall–Kier alpha value is -1.72. The first-order chi connectivity index (χ1) is 7.63.